The van der Waals surface area contributed by atoms with Crippen molar-refractivity contribution in [3.8, 4) is 5.75 Å². The second kappa shape index (κ2) is 7.96. The summed E-state index contributed by atoms with van der Waals surface area (Å²) in [6.45, 7) is 1.26. The van der Waals surface area contributed by atoms with Gasteiger partial charge in [-0.05, 0) is 35.9 Å². The lowest BCUT2D eigenvalue weighted by atomic mass is 10.1. The summed E-state index contributed by atoms with van der Waals surface area (Å²) in [7, 11) is 0. The molecule has 0 fully saturated rings. The molecule has 0 saturated heterocycles. The van der Waals surface area contributed by atoms with Crippen LogP contribution in [0.3, 0.4) is 0 Å². The zero-order valence-corrected chi connectivity index (χ0v) is 13.7. The molecule has 1 atom stereocenters. The Kier molecular flexibility index (Phi) is 5.48. The monoisotopic (exact) mass is 341 g/mol. The zero-order chi connectivity index (χ0) is 17.6. The Morgan fingerprint density at radius 3 is 2.40 bits per heavy atom. The summed E-state index contributed by atoms with van der Waals surface area (Å²) in [5.41, 5.74) is 1.41. The van der Waals surface area contributed by atoms with Gasteiger partial charge in [0.05, 0.1) is 18.9 Å². The quantitative estimate of drug-likeness (QED) is 0.685. The Labute approximate surface area is 145 Å². The molecule has 1 heterocycles. The number of aliphatic hydroxyl groups excluding tert-OH is 1. The van der Waals surface area contributed by atoms with E-state index in [4.69, 9.17) is 4.42 Å². The van der Waals surface area contributed by atoms with Gasteiger partial charge in [0, 0.05) is 18.7 Å². The van der Waals surface area contributed by atoms with Crippen LogP contribution < -0.4 is 0 Å². The van der Waals surface area contributed by atoms with Crippen molar-refractivity contribution < 1.29 is 19.0 Å². The second-order valence-corrected chi connectivity index (χ2v) is 5.95. The van der Waals surface area contributed by atoms with Crippen LogP contribution in [-0.4, -0.2) is 21.7 Å². The normalized spacial score (nSPS) is 12.4. The molecule has 2 N–H and O–H groups in total. The number of phenols is 1. The maximum absolute atomic E-state index is 13.1. The van der Waals surface area contributed by atoms with E-state index in [-0.39, 0.29) is 11.6 Å². The van der Waals surface area contributed by atoms with Gasteiger partial charge in [-0.25, -0.2) is 4.39 Å². The number of hydrogen-bond donors (Lipinski definition) is 2. The molecule has 130 valence electrons. The third-order valence-electron chi connectivity index (χ3n) is 4.03. The van der Waals surface area contributed by atoms with E-state index >= 15 is 0 Å². The summed E-state index contributed by atoms with van der Waals surface area (Å²) in [5.74, 6) is 0.641. The van der Waals surface area contributed by atoms with Gasteiger partial charge in [0.2, 0.25) is 0 Å². The van der Waals surface area contributed by atoms with E-state index in [2.05, 4.69) is 0 Å². The van der Waals surface area contributed by atoms with Crippen LogP contribution in [0.1, 0.15) is 23.0 Å². The lowest BCUT2D eigenvalue weighted by molar-refractivity contribution is 0.0998. The van der Waals surface area contributed by atoms with Crippen molar-refractivity contribution >= 4 is 0 Å². The predicted molar refractivity (Wildman–Crippen MR) is 92.3 cm³/mol. The van der Waals surface area contributed by atoms with E-state index in [1.807, 2.05) is 29.2 Å². The van der Waals surface area contributed by atoms with Gasteiger partial charge in [0.1, 0.15) is 17.3 Å². The Bertz CT molecular complexity index is 787. The highest BCUT2D eigenvalue weighted by atomic mass is 19.1. The summed E-state index contributed by atoms with van der Waals surface area (Å²) in [6, 6.07) is 16.6. The number of benzene rings is 2. The van der Waals surface area contributed by atoms with Crippen LogP contribution in [0.15, 0.2) is 71.3 Å². The number of aromatic hydroxyl groups is 1. The molecule has 0 spiro atoms. The number of aliphatic hydroxyl groups is 1. The number of nitrogens with zero attached hydrogens (tertiary/aromatic N) is 1. The summed E-state index contributed by atoms with van der Waals surface area (Å²) in [5, 5.41) is 20.5. The van der Waals surface area contributed by atoms with E-state index in [1.165, 1.54) is 12.1 Å². The minimum Gasteiger partial charge on any atom is -0.508 e. The number of para-hydroxylation sites is 1. The number of hydrogen-bond acceptors (Lipinski definition) is 4. The summed E-state index contributed by atoms with van der Waals surface area (Å²) in [6.07, 6.45) is 0.825. The maximum atomic E-state index is 13.1. The van der Waals surface area contributed by atoms with Crippen molar-refractivity contribution in [2.75, 3.05) is 6.54 Å². The molecule has 0 bridgehead atoms. The lowest BCUT2D eigenvalue weighted by Gasteiger charge is -2.25. The lowest BCUT2D eigenvalue weighted by Crippen LogP contribution is -2.28. The standard InChI is InChI=1S/C20H20FNO3/c21-17-9-7-15(8-10-17)20(24)14-22(13-18-5-3-11-25-18)12-16-4-1-2-6-19(16)23/h1-11,20,23-24H,12-14H2. The van der Waals surface area contributed by atoms with Crippen molar-refractivity contribution in [2.24, 2.45) is 0 Å². The van der Waals surface area contributed by atoms with Gasteiger partial charge in [-0.2, -0.15) is 0 Å². The molecule has 1 unspecified atom stereocenters. The van der Waals surface area contributed by atoms with Gasteiger partial charge in [0.15, 0.2) is 0 Å². The Hall–Kier alpha value is -2.63. The summed E-state index contributed by atoms with van der Waals surface area (Å²) < 4.78 is 18.5. The minimum absolute atomic E-state index is 0.211. The second-order valence-electron chi connectivity index (χ2n) is 5.95. The first-order valence-electron chi connectivity index (χ1n) is 8.07. The van der Waals surface area contributed by atoms with Crippen LogP contribution in [-0.2, 0) is 13.1 Å². The molecule has 0 aliphatic heterocycles. The van der Waals surface area contributed by atoms with Gasteiger partial charge >= 0.3 is 0 Å². The van der Waals surface area contributed by atoms with Crippen LogP contribution in [0.2, 0.25) is 0 Å². The molecule has 3 aromatic rings. The Balaban J connectivity index is 1.75. The molecule has 5 heteroatoms. The highest BCUT2D eigenvalue weighted by Gasteiger charge is 2.17. The topological polar surface area (TPSA) is 56.8 Å². The minimum atomic E-state index is -0.776. The molecule has 2 aromatic carbocycles. The predicted octanol–water partition coefficient (Wildman–Crippen LogP) is 3.86. The van der Waals surface area contributed by atoms with Gasteiger partial charge in [0.25, 0.3) is 0 Å². The van der Waals surface area contributed by atoms with E-state index in [0.29, 0.717) is 25.2 Å². The maximum Gasteiger partial charge on any atom is 0.123 e. The Morgan fingerprint density at radius 1 is 0.960 bits per heavy atom. The molecule has 0 amide bonds. The molecule has 0 radical (unpaired) electrons. The van der Waals surface area contributed by atoms with Crippen LogP contribution in [0, 0.1) is 5.82 Å². The van der Waals surface area contributed by atoms with Crippen LogP contribution >= 0.6 is 0 Å². The molecule has 0 aliphatic rings. The van der Waals surface area contributed by atoms with Gasteiger partial charge in [-0.3, -0.25) is 4.90 Å². The van der Waals surface area contributed by atoms with E-state index in [1.54, 1.807) is 30.5 Å². The molecular weight excluding hydrogens is 321 g/mol. The smallest absolute Gasteiger partial charge is 0.123 e. The van der Waals surface area contributed by atoms with Crippen LogP contribution in [0.5, 0.6) is 5.75 Å². The molecule has 25 heavy (non-hydrogen) atoms. The SMILES string of the molecule is Oc1ccccc1CN(Cc1ccco1)CC(O)c1ccc(F)cc1. The highest BCUT2D eigenvalue weighted by Crippen LogP contribution is 2.22. The fourth-order valence-electron chi connectivity index (χ4n) is 2.73. The zero-order valence-electron chi connectivity index (χ0n) is 13.7. The average molecular weight is 341 g/mol. The van der Waals surface area contributed by atoms with Crippen molar-refractivity contribution in [2.45, 2.75) is 19.2 Å². The molecule has 0 saturated carbocycles. The number of rotatable bonds is 7. The van der Waals surface area contributed by atoms with Crippen molar-refractivity contribution in [3.63, 3.8) is 0 Å². The van der Waals surface area contributed by atoms with E-state index in [9.17, 15) is 14.6 Å². The van der Waals surface area contributed by atoms with E-state index < -0.39 is 6.10 Å². The first-order chi connectivity index (χ1) is 12.1. The molecule has 1 aromatic heterocycles. The average Bonchev–Trinajstić information content (AvgIpc) is 3.10. The highest BCUT2D eigenvalue weighted by molar-refractivity contribution is 5.31. The summed E-state index contributed by atoms with van der Waals surface area (Å²) >= 11 is 0. The molecular formula is C20H20FNO3. The number of phenolic OH excluding ortho intramolecular Hbond substituents is 1. The fraction of sp³-hybridized carbons (Fsp3) is 0.200. The molecule has 4 nitrogen and oxygen atoms in total. The first-order valence-corrected chi connectivity index (χ1v) is 8.07. The third-order valence-corrected chi connectivity index (χ3v) is 4.03. The van der Waals surface area contributed by atoms with Crippen molar-refractivity contribution in [3.05, 3.63) is 89.6 Å². The van der Waals surface area contributed by atoms with Gasteiger partial charge in [-0.15, -0.1) is 0 Å². The van der Waals surface area contributed by atoms with Gasteiger partial charge < -0.3 is 14.6 Å². The van der Waals surface area contributed by atoms with Crippen molar-refractivity contribution in [1.82, 2.24) is 4.90 Å². The molecule has 3 rings (SSSR count). The van der Waals surface area contributed by atoms with E-state index in [0.717, 1.165) is 11.3 Å². The van der Waals surface area contributed by atoms with Crippen LogP contribution in [0.25, 0.3) is 0 Å². The Morgan fingerprint density at radius 2 is 1.72 bits per heavy atom. The summed E-state index contributed by atoms with van der Waals surface area (Å²) in [4.78, 5) is 1.97. The fourth-order valence-corrected chi connectivity index (χ4v) is 2.73. The van der Waals surface area contributed by atoms with Crippen LogP contribution in [0.4, 0.5) is 4.39 Å². The van der Waals surface area contributed by atoms with Gasteiger partial charge in [-0.1, -0.05) is 30.3 Å². The molecule has 0 aliphatic carbocycles. The van der Waals surface area contributed by atoms with Crippen molar-refractivity contribution in [1.29, 1.82) is 0 Å². The largest absolute Gasteiger partial charge is 0.508 e. The number of furan rings is 1. The third kappa shape index (κ3) is 4.68. The number of halogens is 1. The first kappa shape index (κ1) is 17.2.